The number of nitrogens with two attached hydrogens (primary N) is 2. The van der Waals surface area contributed by atoms with Crippen molar-refractivity contribution in [1.29, 1.82) is 0 Å². The molecule has 2 fully saturated rings. The van der Waals surface area contributed by atoms with Gasteiger partial charge < -0.3 is 52.4 Å². The molecule has 46 heavy (non-hydrogen) atoms. The van der Waals surface area contributed by atoms with Gasteiger partial charge in [0, 0.05) is 28.7 Å². The molecule has 0 aromatic carbocycles. The van der Waals surface area contributed by atoms with Gasteiger partial charge in [-0.05, 0) is 43.8 Å². The normalized spacial score (nSPS) is 22.3. The summed E-state index contributed by atoms with van der Waals surface area (Å²) in [4.78, 5) is 62.6. The van der Waals surface area contributed by atoms with E-state index in [4.69, 9.17) is 16.6 Å². The number of allylic oxidation sites excluding steroid dienone is 1. The molecule has 3 rings (SSSR count). The van der Waals surface area contributed by atoms with E-state index in [1.165, 1.54) is 40.8 Å². The van der Waals surface area contributed by atoms with Crippen molar-refractivity contribution in [2.75, 3.05) is 23.8 Å². The number of unbranched alkanes of at least 4 members (excludes halogenated alkanes) is 2. The van der Waals surface area contributed by atoms with Crippen LogP contribution in [0.4, 0.5) is 0 Å². The SMILES string of the molecule is CC1(C)C[C@@H]1C(=O)N/C(=C/CCCCSC[C@H](N)C(=O)O)C(=O)[O-].C[C@@H](O)[C@@H]1C(=O)N2C(C(=O)O)=C(SCCN=CN)C[C@@H]12.O.[Na+]. The van der Waals surface area contributed by atoms with Crippen LogP contribution >= 0.6 is 23.5 Å². The number of carbonyl (C=O) groups is 5. The van der Waals surface area contributed by atoms with Crippen LogP contribution in [-0.2, 0) is 24.0 Å². The van der Waals surface area contributed by atoms with Gasteiger partial charge in [0.2, 0.25) is 11.8 Å². The van der Waals surface area contributed by atoms with Crippen LogP contribution in [-0.4, -0.2) is 104 Å². The van der Waals surface area contributed by atoms with Crippen molar-refractivity contribution in [2.45, 2.75) is 71.1 Å². The molecule has 3 aliphatic rings. The van der Waals surface area contributed by atoms with E-state index < -0.39 is 36.0 Å². The molecule has 254 valence electrons. The van der Waals surface area contributed by atoms with E-state index in [2.05, 4.69) is 10.3 Å². The Bertz CT molecular complexity index is 1200. The number of aliphatic imine (C=N–C) groups is 1. The van der Waals surface area contributed by atoms with Crippen molar-refractivity contribution in [2.24, 2.45) is 33.7 Å². The molecule has 15 nitrogen and oxygen atoms in total. The summed E-state index contributed by atoms with van der Waals surface area (Å²) in [5.41, 5.74) is 10.3. The van der Waals surface area contributed by atoms with E-state index in [0.29, 0.717) is 35.8 Å². The summed E-state index contributed by atoms with van der Waals surface area (Å²) in [7, 11) is 0. The van der Waals surface area contributed by atoms with Gasteiger partial charge in [-0.25, -0.2) is 4.79 Å². The van der Waals surface area contributed by atoms with Crippen molar-refractivity contribution >= 4 is 59.6 Å². The predicted octanol–water partition coefficient (Wildman–Crippen LogP) is -4.11. The molecule has 2 aliphatic heterocycles. The molecule has 0 aromatic rings. The third kappa shape index (κ3) is 12.5. The molecule has 0 aromatic heterocycles. The number of rotatable bonds is 17. The van der Waals surface area contributed by atoms with Crippen LogP contribution in [0.1, 0.15) is 52.9 Å². The average Bonchev–Trinajstić information content (AvgIpc) is 3.46. The number of fused-ring (bicyclic) bond motifs is 1. The zero-order chi connectivity index (χ0) is 33.2. The van der Waals surface area contributed by atoms with Crippen molar-refractivity contribution < 1.29 is 79.4 Å². The molecule has 0 bridgehead atoms. The standard InChI is InChI=1S/C16H26N2O5S.C12H17N3O4S.Na.H2O/c1-16(2)8-10(16)13(19)18-12(15(22)23)6-4-3-5-7-24-9-11(17)14(20)21;1-6(16)9-7-4-8(20-3-2-14-5-13)10(12(18)19)15(7)11(9)17;;/h6,10-11H,3-5,7-9,17H2,1-2H3,(H,18,19)(H,20,21)(H,22,23);5-7,9,16H,2-4H2,1H3,(H2,13,14)(H,18,19);;1H2/q;;+1;/p-1/b12-6+;;;/t10-,11+;6-,7+,9+;;/m11../s1. The molecule has 1 saturated carbocycles. The second kappa shape index (κ2) is 20.3. The van der Waals surface area contributed by atoms with E-state index in [1.807, 2.05) is 13.8 Å². The maximum atomic E-state index is 11.9. The Morgan fingerprint density at radius 2 is 1.85 bits per heavy atom. The van der Waals surface area contributed by atoms with Crippen LogP contribution < -0.4 is 51.4 Å². The Kier molecular flexibility index (Phi) is 19.4. The summed E-state index contributed by atoms with van der Waals surface area (Å²) in [6.07, 6.45) is 5.20. The molecule has 10 N–H and O–H groups in total. The van der Waals surface area contributed by atoms with Gasteiger partial charge in [-0.2, -0.15) is 11.8 Å². The number of aliphatic hydroxyl groups is 1. The topological polar surface area (TPSA) is 280 Å². The number of aliphatic hydroxyl groups excluding tert-OH is 1. The maximum Gasteiger partial charge on any atom is 1.00 e. The number of thioether (sulfide) groups is 2. The number of carbonyl (C=O) groups excluding carboxylic acids is 3. The summed E-state index contributed by atoms with van der Waals surface area (Å²) in [6, 6.07) is -1.09. The molecule has 0 unspecified atom stereocenters. The third-order valence-corrected chi connectivity index (χ3v) is 9.77. The Labute approximate surface area is 298 Å². The summed E-state index contributed by atoms with van der Waals surface area (Å²) >= 11 is 2.83. The van der Waals surface area contributed by atoms with Crippen LogP contribution in [0.15, 0.2) is 27.4 Å². The van der Waals surface area contributed by atoms with Crippen molar-refractivity contribution in [1.82, 2.24) is 10.2 Å². The van der Waals surface area contributed by atoms with Crippen molar-refractivity contribution in [3.63, 3.8) is 0 Å². The molecule has 2 amide bonds. The minimum Gasteiger partial charge on any atom is -0.543 e. The fourth-order valence-corrected chi connectivity index (χ4v) is 6.88. The van der Waals surface area contributed by atoms with Crippen molar-refractivity contribution in [3.8, 4) is 0 Å². The average molecular weight is 698 g/mol. The molecule has 18 heteroatoms. The summed E-state index contributed by atoms with van der Waals surface area (Å²) < 4.78 is 0. The molecule has 1 aliphatic carbocycles. The number of β-lactam (4-membered cyclic amide) rings is 1. The van der Waals surface area contributed by atoms with Gasteiger partial charge in [-0.3, -0.25) is 19.4 Å². The predicted molar refractivity (Wildman–Crippen MR) is 169 cm³/mol. The third-order valence-electron chi connectivity index (χ3n) is 7.51. The molecule has 5 atom stereocenters. The first-order valence-corrected chi connectivity index (χ1v) is 16.4. The van der Waals surface area contributed by atoms with Gasteiger partial charge in [0.15, 0.2) is 0 Å². The molecular weight excluding hydrogens is 653 g/mol. The Morgan fingerprint density at radius 3 is 2.35 bits per heavy atom. The maximum absolute atomic E-state index is 11.9. The Balaban J connectivity index is 0.000000854. The van der Waals surface area contributed by atoms with E-state index >= 15 is 0 Å². The van der Waals surface area contributed by atoms with Crippen LogP contribution in [0.2, 0.25) is 0 Å². The van der Waals surface area contributed by atoms with Gasteiger partial charge in [0.1, 0.15) is 11.7 Å². The van der Waals surface area contributed by atoms with Gasteiger partial charge in [0.25, 0.3) is 0 Å². The number of nitrogens with zero attached hydrogens (tertiary/aromatic N) is 2. The zero-order valence-corrected chi connectivity index (χ0v) is 30.2. The Morgan fingerprint density at radius 1 is 1.22 bits per heavy atom. The van der Waals surface area contributed by atoms with Crippen molar-refractivity contribution in [3.05, 3.63) is 22.4 Å². The number of amides is 2. The van der Waals surface area contributed by atoms with E-state index in [1.54, 1.807) is 6.92 Å². The monoisotopic (exact) mass is 697 g/mol. The number of hydrogen-bond acceptors (Lipinski definition) is 11. The second-order valence-corrected chi connectivity index (χ2v) is 13.7. The number of carboxylic acids is 3. The first-order chi connectivity index (χ1) is 20.6. The molecule has 2 heterocycles. The van der Waals surface area contributed by atoms with Gasteiger partial charge >= 0.3 is 41.5 Å². The van der Waals surface area contributed by atoms with E-state index in [0.717, 1.165) is 25.0 Å². The fraction of sp³-hybridized carbons (Fsp3) is 0.643. The number of aliphatic carboxylic acids is 3. The minimum atomic E-state index is -1.39. The van der Waals surface area contributed by atoms with Gasteiger partial charge in [0.05, 0.1) is 42.6 Å². The summed E-state index contributed by atoms with van der Waals surface area (Å²) in [5, 5.41) is 41.0. The summed E-state index contributed by atoms with van der Waals surface area (Å²) in [5.74, 6) is -3.02. The molecule has 0 radical (unpaired) electrons. The zero-order valence-electron chi connectivity index (χ0n) is 26.6. The largest absolute Gasteiger partial charge is 1.00 e. The number of carboxylic acid groups (broad SMARTS) is 3. The fourth-order valence-electron chi connectivity index (χ4n) is 4.85. The number of nitrogens with one attached hydrogen (secondary N) is 1. The first-order valence-electron chi connectivity index (χ1n) is 14.2. The van der Waals surface area contributed by atoms with Crippen LogP contribution in [0.5, 0.6) is 0 Å². The van der Waals surface area contributed by atoms with E-state index in [9.17, 15) is 39.3 Å². The van der Waals surface area contributed by atoms with Gasteiger partial charge in [-0.15, -0.1) is 11.8 Å². The van der Waals surface area contributed by atoms with Crippen LogP contribution in [0.3, 0.4) is 0 Å². The summed E-state index contributed by atoms with van der Waals surface area (Å²) in [6.45, 7) is 5.98. The second-order valence-electron chi connectivity index (χ2n) is 11.4. The van der Waals surface area contributed by atoms with Crippen LogP contribution in [0, 0.1) is 17.3 Å². The number of hydrogen-bond donors (Lipinski definition) is 6. The first kappa shape index (κ1) is 43.9. The molecular formula is C28H44N5NaO10S2. The van der Waals surface area contributed by atoms with Gasteiger partial charge in [-0.1, -0.05) is 19.9 Å². The Hall–Kier alpha value is -2.12. The van der Waals surface area contributed by atoms with E-state index in [-0.39, 0.29) is 75.6 Å². The molecule has 0 spiro atoms. The molecule has 1 saturated heterocycles. The minimum absolute atomic E-state index is 0. The van der Waals surface area contributed by atoms with Crippen LogP contribution in [0.25, 0.3) is 0 Å². The quantitative estimate of drug-likeness (QED) is 0.0211. The smallest absolute Gasteiger partial charge is 0.543 e.